The fraction of sp³-hybridized carbons (Fsp3) is 0.0833. The minimum Gasteiger partial charge on any atom is -0.489 e. The van der Waals surface area contributed by atoms with E-state index in [1.807, 2.05) is 147 Å². The molecule has 1 unspecified atom stereocenters. The van der Waals surface area contributed by atoms with Crippen molar-refractivity contribution in [1.82, 2.24) is 10.3 Å². The lowest BCUT2D eigenvalue weighted by Crippen LogP contribution is -2.30. The van der Waals surface area contributed by atoms with E-state index >= 15 is 0 Å². The highest BCUT2D eigenvalue weighted by Crippen LogP contribution is 2.38. The summed E-state index contributed by atoms with van der Waals surface area (Å²) in [6.45, 7) is 4.46. The molecule has 0 aliphatic heterocycles. The van der Waals surface area contributed by atoms with Gasteiger partial charge < -0.3 is 20.7 Å². The van der Waals surface area contributed by atoms with Crippen LogP contribution in [0.4, 0.5) is 10.8 Å². The van der Waals surface area contributed by atoms with Crippen LogP contribution >= 0.6 is 23.1 Å². The lowest BCUT2D eigenvalue weighted by atomic mass is 10.1. The van der Waals surface area contributed by atoms with Gasteiger partial charge in [0.1, 0.15) is 23.3 Å². The van der Waals surface area contributed by atoms with Crippen molar-refractivity contribution in [3.63, 3.8) is 0 Å². The number of nitrogens with zero attached hydrogens (tertiary/aromatic N) is 1. The highest BCUT2D eigenvalue weighted by atomic mass is 32.2. The van der Waals surface area contributed by atoms with Gasteiger partial charge in [-0.15, -0.1) is 23.1 Å². The number of anilines is 2. The van der Waals surface area contributed by atoms with E-state index in [1.165, 1.54) is 23.1 Å². The number of aryl methyl sites for hydroxylation is 2. The van der Waals surface area contributed by atoms with E-state index in [2.05, 4.69) is 16.0 Å². The van der Waals surface area contributed by atoms with Crippen molar-refractivity contribution in [3.8, 4) is 17.0 Å². The molecule has 7 rings (SSSR count). The van der Waals surface area contributed by atoms with Gasteiger partial charge in [-0.3, -0.25) is 14.4 Å². The molecule has 0 saturated heterocycles. The van der Waals surface area contributed by atoms with E-state index in [4.69, 9.17) is 9.72 Å². The van der Waals surface area contributed by atoms with Crippen LogP contribution in [-0.4, -0.2) is 22.7 Å². The Hall–Kier alpha value is -6.75. The van der Waals surface area contributed by atoms with Crippen molar-refractivity contribution in [2.24, 2.45) is 0 Å². The zero-order chi connectivity index (χ0) is 40.3. The summed E-state index contributed by atoms with van der Waals surface area (Å²) in [5.41, 5.74) is 6.50. The molecule has 0 aliphatic rings. The summed E-state index contributed by atoms with van der Waals surface area (Å²) in [5.74, 6) is -0.491. The maximum atomic E-state index is 14.0. The second kappa shape index (κ2) is 18.9. The van der Waals surface area contributed by atoms with Gasteiger partial charge in [-0.25, -0.2) is 4.98 Å². The summed E-state index contributed by atoms with van der Waals surface area (Å²) >= 11 is 2.80. The van der Waals surface area contributed by atoms with Crippen LogP contribution in [0.15, 0.2) is 174 Å². The van der Waals surface area contributed by atoms with Gasteiger partial charge in [0.15, 0.2) is 5.13 Å². The van der Waals surface area contributed by atoms with Gasteiger partial charge in [0, 0.05) is 26.6 Å². The highest BCUT2D eigenvalue weighted by molar-refractivity contribution is 8.00. The Labute approximate surface area is 346 Å². The van der Waals surface area contributed by atoms with Crippen LogP contribution in [0.2, 0.25) is 0 Å². The number of thioether (sulfide) groups is 1. The molecule has 1 atom stereocenters. The van der Waals surface area contributed by atoms with Gasteiger partial charge in [0.25, 0.3) is 11.8 Å². The van der Waals surface area contributed by atoms with Crippen molar-refractivity contribution in [1.29, 1.82) is 0 Å². The number of rotatable bonds is 14. The molecule has 288 valence electrons. The monoisotopic (exact) mass is 800 g/mol. The van der Waals surface area contributed by atoms with Crippen LogP contribution in [0.1, 0.15) is 42.7 Å². The van der Waals surface area contributed by atoms with Gasteiger partial charge >= 0.3 is 0 Å². The van der Waals surface area contributed by atoms with Crippen LogP contribution in [-0.2, 0) is 16.2 Å². The fourth-order valence-electron chi connectivity index (χ4n) is 5.99. The molecular formula is C48H40N4O4S2. The standard InChI is InChI=1S/C48H40N4O4S2/c1-32-21-25-36(26-22-32)43-33(2)57-48(51-43)52-47(55)44(37-15-8-4-9-16-37)58-41-20-12-19-39(30-41)49-46(54)42(50-45(53)38-17-10-5-11-18-38)29-34-23-27-40(28-24-34)56-31-35-13-6-3-7-14-35/h3-30,44H,31H2,1-2H3,(H,49,54)(H,50,53)(H,51,52,55)/b42-29-. The number of hydrogen-bond acceptors (Lipinski definition) is 7. The number of ether oxygens (including phenoxy) is 1. The topological polar surface area (TPSA) is 109 Å². The highest BCUT2D eigenvalue weighted by Gasteiger charge is 2.24. The Morgan fingerprint density at radius 3 is 2.12 bits per heavy atom. The van der Waals surface area contributed by atoms with Gasteiger partial charge in [-0.1, -0.05) is 127 Å². The molecule has 0 aliphatic carbocycles. The zero-order valence-electron chi connectivity index (χ0n) is 31.8. The predicted molar refractivity (Wildman–Crippen MR) is 235 cm³/mol. The van der Waals surface area contributed by atoms with Crippen LogP contribution < -0.4 is 20.7 Å². The molecule has 0 radical (unpaired) electrons. The molecule has 7 aromatic rings. The molecule has 1 aromatic heterocycles. The van der Waals surface area contributed by atoms with Crippen molar-refractivity contribution in [2.45, 2.75) is 30.6 Å². The number of carbonyl (C=O) groups is 3. The van der Waals surface area contributed by atoms with Crippen molar-refractivity contribution < 1.29 is 19.1 Å². The first kappa shape index (κ1) is 39.5. The summed E-state index contributed by atoms with van der Waals surface area (Å²) in [7, 11) is 0. The minimum atomic E-state index is -0.626. The largest absolute Gasteiger partial charge is 0.489 e. The number of thiazole rings is 1. The third-order valence-electron chi connectivity index (χ3n) is 9.01. The van der Waals surface area contributed by atoms with Gasteiger partial charge in [-0.2, -0.15) is 0 Å². The van der Waals surface area contributed by atoms with Crippen molar-refractivity contribution >= 4 is 57.7 Å². The first-order valence-corrected chi connectivity index (χ1v) is 20.3. The minimum absolute atomic E-state index is 0.0511. The molecule has 3 amide bonds. The van der Waals surface area contributed by atoms with Crippen LogP contribution in [0.25, 0.3) is 17.3 Å². The Morgan fingerprint density at radius 2 is 1.41 bits per heavy atom. The first-order valence-electron chi connectivity index (χ1n) is 18.6. The quantitative estimate of drug-likeness (QED) is 0.0746. The lowest BCUT2D eigenvalue weighted by molar-refractivity contribution is -0.116. The lowest BCUT2D eigenvalue weighted by Gasteiger charge is -2.17. The Bertz CT molecular complexity index is 2520. The molecule has 0 fully saturated rings. The molecule has 0 spiro atoms. The second-order valence-corrected chi connectivity index (χ2v) is 15.8. The van der Waals surface area contributed by atoms with E-state index in [0.29, 0.717) is 34.3 Å². The Morgan fingerprint density at radius 1 is 0.741 bits per heavy atom. The molecule has 58 heavy (non-hydrogen) atoms. The molecular weight excluding hydrogens is 761 g/mol. The van der Waals surface area contributed by atoms with Crippen LogP contribution in [0, 0.1) is 13.8 Å². The summed E-state index contributed by atoms with van der Waals surface area (Å²) in [6.07, 6.45) is 1.62. The Kier molecular flexibility index (Phi) is 12.9. The normalized spacial score (nSPS) is 11.7. The van der Waals surface area contributed by atoms with Crippen molar-refractivity contribution in [2.75, 3.05) is 10.6 Å². The number of aromatic nitrogens is 1. The Balaban J connectivity index is 1.09. The van der Waals surface area contributed by atoms with Gasteiger partial charge in [0.05, 0.1) is 5.69 Å². The average molecular weight is 801 g/mol. The van der Waals surface area contributed by atoms with E-state index in [9.17, 15) is 14.4 Å². The summed E-state index contributed by atoms with van der Waals surface area (Å²) < 4.78 is 5.94. The molecule has 0 bridgehead atoms. The van der Waals surface area contributed by atoms with Gasteiger partial charge in [-0.05, 0) is 79.1 Å². The summed E-state index contributed by atoms with van der Waals surface area (Å²) in [5, 5.41) is 8.71. The summed E-state index contributed by atoms with van der Waals surface area (Å²) in [6, 6.07) is 50.9. The van der Waals surface area contributed by atoms with Gasteiger partial charge in [0.2, 0.25) is 5.91 Å². The second-order valence-electron chi connectivity index (χ2n) is 13.4. The molecule has 8 nitrogen and oxygen atoms in total. The number of carbonyl (C=O) groups excluding carboxylic acids is 3. The number of hydrogen-bond donors (Lipinski definition) is 3. The number of benzene rings is 6. The summed E-state index contributed by atoms with van der Waals surface area (Å²) in [4.78, 5) is 47.7. The molecule has 1 heterocycles. The maximum Gasteiger partial charge on any atom is 0.272 e. The van der Waals surface area contributed by atoms with Crippen LogP contribution in [0.5, 0.6) is 5.75 Å². The molecule has 3 N–H and O–H groups in total. The molecule has 10 heteroatoms. The number of amides is 3. The van der Waals surface area contributed by atoms with Crippen LogP contribution in [0.3, 0.4) is 0 Å². The average Bonchev–Trinajstić information content (AvgIpc) is 3.62. The van der Waals surface area contributed by atoms with E-state index in [-0.39, 0.29) is 11.6 Å². The fourth-order valence-corrected chi connectivity index (χ4v) is 7.92. The SMILES string of the molecule is Cc1ccc(-c2nc(NC(=O)C(Sc3cccc(NC(=O)/C(=C/c4ccc(OCc5ccccc5)cc4)NC(=O)c4ccccc4)c3)c3ccccc3)sc2C)cc1. The third kappa shape index (κ3) is 10.5. The molecule has 0 saturated carbocycles. The van der Waals surface area contributed by atoms with Crippen molar-refractivity contribution in [3.05, 3.63) is 202 Å². The number of nitrogens with one attached hydrogen (secondary N) is 3. The molecule has 6 aromatic carbocycles. The predicted octanol–water partition coefficient (Wildman–Crippen LogP) is 10.9. The van der Waals surface area contributed by atoms with E-state index in [0.717, 1.165) is 37.7 Å². The zero-order valence-corrected chi connectivity index (χ0v) is 33.5. The first-order chi connectivity index (χ1) is 28.3. The third-order valence-corrected chi connectivity index (χ3v) is 11.1. The smallest absolute Gasteiger partial charge is 0.272 e. The van der Waals surface area contributed by atoms with E-state index in [1.54, 1.807) is 36.4 Å². The van der Waals surface area contributed by atoms with E-state index < -0.39 is 17.1 Å². The maximum absolute atomic E-state index is 14.0.